The van der Waals surface area contributed by atoms with Gasteiger partial charge in [0.05, 0.1) is 23.9 Å². The number of rotatable bonds is 6. The number of nitrogens with zero attached hydrogens (tertiary/aromatic N) is 3. The van der Waals surface area contributed by atoms with Crippen molar-refractivity contribution in [2.45, 2.75) is 143 Å². The van der Waals surface area contributed by atoms with E-state index < -0.39 is 71.4 Å². The molecule has 2 heterocycles. The van der Waals surface area contributed by atoms with Crippen LogP contribution in [0.2, 0.25) is 0 Å². The standard InChI is InChI=1S/C33H59N3O9/c1-14-24-33(10,41)28(39)20(6)25(35-34-17(2)3)18(4)16-32(9,42-13)29(21(7)26(37)22(8)30(40)44-24)45-31-27(38)23(36(11)12)15-19(5)43-31/h18-24,27-29,31,38-39,41H,14-16H2,1-13H3. The molecule has 13 atom stereocenters. The van der Waals surface area contributed by atoms with Gasteiger partial charge in [0.2, 0.25) is 0 Å². The molecule has 2 fully saturated rings. The van der Waals surface area contributed by atoms with E-state index in [4.69, 9.17) is 18.9 Å². The van der Waals surface area contributed by atoms with Gasteiger partial charge in [0.1, 0.15) is 23.7 Å². The number of esters is 1. The Labute approximate surface area is 269 Å². The van der Waals surface area contributed by atoms with Gasteiger partial charge in [0.25, 0.3) is 0 Å². The van der Waals surface area contributed by atoms with Crippen LogP contribution in [0.15, 0.2) is 10.2 Å². The molecule has 12 heteroatoms. The van der Waals surface area contributed by atoms with Gasteiger partial charge < -0.3 is 39.2 Å². The first-order valence-electron chi connectivity index (χ1n) is 16.2. The van der Waals surface area contributed by atoms with Crippen molar-refractivity contribution in [1.29, 1.82) is 0 Å². The Bertz CT molecular complexity index is 1080. The fraction of sp³-hybridized carbons (Fsp3) is 0.879. The maximum absolute atomic E-state index is 14.0. The predicted octanol–water partition coefficient (Wildman–Crippen LogP) is 2.99. The summed E-state index contributed by atoms with van der Waals surface area (Å²) < 4.78 is 24.5. The van der Waals surface area contributed by atoms with Crippen LogP contribution in [0, 0.1) is 23.7 Å². The molecule has 0 spiro atoms. The molecule has 2 aliphatic heterocycles. The largest absolute Gasteiger partial charge is 0.459 e. The van der Waals surface area contributed by atoms with E-state index in [1.54, 1.807) is 34.6 Å². The van der Waals surface area contributed by atoms with Crippen LogP contribution >= 0.6 is 0 Å². The second-order valence-corrected chi connectivity index (χ2v) is 14.0. The lowest BCUT2D eigenvalue weighted by atomic mass is 9.74. The highest BCUT2D eigenvalue weighted by atomic mass is 16.7. The number of ether oxygens (including phenoxy) is 4. The smallest absolute Gasteiger partial charge is 0.316 e. The summed E-state index contributed by atoms with van der Waals surface area (Å²) in [5.74, 6) is -4.49. The van der Waals surface area contributed by atoms with Crippen molar-refractivity contribution < 1.29 is 43.9 Å². The summed E-state index contributed by atoms with van der Waals surface area (Å²) in [6.07, 6.45) is -4.76. The number of carbonyl (C=O) groups excluding carboxylic acids is 2. The van der Waals surface area contributed by atoms with Crippen molar-refractivity contribution in [1.82, 2.24) is 4.90 Å². The molecule has 45 heavy (non-hydrogen) atoms. The third-order valence-electron chi connectivity index (χ3n) is 9.71. The van der Waals surface area contributed by atoms with Gasteiger partial charge in [-0.05, 0) is 80.8 Å². The molecule has 0 radical (unpaired) electrons. The van der Waals surface area contributed by atoms with Crippen molar-refractivity contribution in [3.05, 3.63) is 0 Å². The summed E-state index contributed by atoms with van der Waals surface area (Å²) in [6, 6.07) is -0.250. The first-order valence-corrected chi connectivity index (χ1v) is 16.2. The van der Waals surface area contributed by atoms with E-state index in [-0.39, 0.29) is 30.9 Å². The summed E-state index contributed by atoms with van der Waals surface area (Å²) in [6.45, 7) is 17.3. The van der Waals surface area contributed by atoms with Gasteiger partial charge in [-0.25, -0.2) is 0 Å². The average molecular weight is 642 g/mol. The second kappa shape index (κ2) is 15.9. The third-order valence-corrected chi connectivity index (χ3v) is 9.71. The fourth-order valence-corrected chi connectivity index (χ4v) is 6.79. The summed E-state index contributed by atoms with van der Waals surface area (Å²) in [5, 5.41) is 43.3. The van der Waals surface area contributed by atoms with Crippen LogP contribution < -0.4 is 0 Å². The van der Waals surface area contributed by atoms with Crippen LogP contribution in [-0.2, 0) is 28.5 Å². The van der Waals surface area contributed by atoms with E-state index in [0.717, 1.165) is 0 Å². The number of methoxy groups -OCH3 is 1. The topological polar surface area (TPSA) is 160 Å². The normalized spacial score (nSPS) is 43.6. The zero-order valence-corrected chi connectivity index (χ0v) is 29.6. The molecule has 13 unspecified atom stereocenters. The van der Waals surface area contributed by atoms with E-state index in [1.807, 2.05) is 39.8 Å². The van der Waals surface area contributed by atoms with E-state index >= 15 is 0 Å². The molecule has 2 saturated heterocycles. The van der Waals surface area contributed by atoms with Gasteiger partial charge in [0.15, 0.2) is 12.1 Å². The van der Waals surface area contributed by atoms with Gasteiger partial charge in [0, 0.05) is 36.4 Å². The lowest BCUT2D eigenvalue weighted by molar-refractivity contribution is -0.295. The summed E-state index contributed by atoms with van der Waals surface area (Å²) >= 11 is 0. The summed E-state index contributed by atoms with van der Waals surface area (Å²) in [5.41, 5.74) is -1.85. The second-order valence-electron chi connectivity index (χ2n) is 14.0. The maximum Gasteiger partial charge on any atom is 0.316 e. The highest BCUT2D eigenvalue weighted by molar-refractivity contribution is 6.00. The Balaban J connectivity index is 2.75. The van der Waals surface area contributed by atoms with Crippen LogP contribution in [0.5, 0.6) is 0 Å². The zero-order chi connectivity index (χ0) is 34.6. The van der Waals surface area contributed by atoms with Gasteiger partial charge in [-0.15, -0.1) is 0 Å². The minimum absolute atomic E-state index is 0.197. The molecule has 0 aromatic carbocycles. The van der Waals surface area contributed by atoms with Crippen molar-refractivity contribution in [2.75, 3.05) is 21.2 Å². The van der Waals surface area contributed by atoms with E-state index in [1.165, 1.54) is 21.0 Å². The zero-order valence-electron chi connectivity index (χ0n) is 29.6. The molecule has 0 aliphatic carbocycles. The first-order chi connectivity index (χ1) is 20.7. The summed E-state index contributed by atoms with van der Waals surface area (Å²) in [4.78, 5) is 29.3. The number of cyclic esters (lactones) is 1. The quantitative estimate of drug-likeness (QED) is 0.170. The van der Waals surface area contributed by atoms with E-state index in [0.29, 0.717) is 17.8 Å². The summed E-state index contributed by atoms with van der Waals surface area (Å²) in [7, 11) is 5.27. The monoisotopic (exact) mass is 641 g/mol. The number of hydrogen-bond donors (Lipinski definition) is 3. The number of hydrogen-bond acceptors (Lipinski definition) is 12. The molecule has 0 bridgehead atoms. The number of aliphatic hydroxyl groups excluding tert-OH is 2. The van der Waals surface area contributed by atoms with E-state index in [9.17, 15) is 24.9 Å². The van der Waals surface area contributed by atoms with Crippen LogP contribution in [0.4, 0.5) is 0 Å². The Morgan fingerprint density at radius 1 is 1.07 bits per heavy atom. The molecular formula is C33H59N3O9. The molecule has 0 aromatic heterocycles. The van der Waals surface area contributed by atoms with E-state index in [2.05, 4.69) is 10.2 Å². The lowest BCUT2D eigenvalue weighted by Gasteiger charge is -2.47. The van der Waals surface area contributed by atoms with Gasteiger partial charge >= 0.3 is 5.97 Å². The lowest BCUT2D eigenvalue weighted by Crippen LogP contribution is -2.60. The number of aliphatic hydroxyl groups is 3. The van der Waals surface area contributed by atoms with Gasteiger partial charge in [-0.3, -0.25) is 9.59 Å². The Morgan fingerprint density at radius 2 is 1.67 bits per heavy atom. The van der Waals surface area contributed by atoms with Gasteiger partial charge in [-0.2, -0.15) is 10.2 Å². The van der Waals surface area contributed by atoms with Crippen molar-refractivity contribution in [2.24, 2.45) is 33.9 Å². The van der Waals surface area contributed by atoms with Crippen molar-refractivity contribution in [3.8, 4) is 0 Å². The molecule has 260 valence electrons. The molecule has 2 rings (SSSR count). The fourth-order valence-electron chi connectivity index (χ4n) is 6.79. The molecular weight excluding hydrogens is 582 g/mol. The van der Waals surface area contributed by atoms with Crippen LogP contribution in [0.1, 0.15) is 88.5 Å². The minimum Gasteiger partial charge on any atom is -0.459 e. The highest BCUT2D eigenvalue weighted by Gasteiger charge is 2.51. The molecule has 0 aromatic rings. The number of likely N-dealkylation sites (N-methyl/N-ethyl adjacent to an activating group) is 1. The van der Waals surface area contributed by atoms with Crippen molar-refractivity contribution in [3.63, 3.8) is 0 Å². The highest BCUT2D eigenvalue weighted by Crippen LogP contribution is 2.38. The molecule has 3 N–H and O–H groups in total. The Morgan fingerprint density at radius 3 is 2.18 bits per heavy atom. The third kappa shape index (κ3) is 8.97. The van der Waals surface area contributed by atoms with Crippen LogP contribution in [0.3, 0.4) is 0 Å². The molecule has 0 saturated carbocycles. The molecule has 0 amide bonds. The number of Topliss-reactive ketones (excluding diaryl/α,β-unsaturated/α-hetero) is 1. The van der Waals surface area contributed by atoms with Gasteiger partial charge in [-0.1, -0.05) is 27.7 Å². The van der Waals surface area contributed by atoms with Crippen LogP contribution in [0.25, 0.3) is 0 Å². The minimum atomic E-state index is -1.86. The number of ketones is 1. The maximum atomic E-state index is 14.0. The predicted molar refractivity (Wildman–Crippen MR) is 172 cm³/mol. The average Bonchev–Trinajstić information content (AvgIpc) is 2.97. The number of carbonyl (C=O) groups is 2. The SMILES string of the molecule is CCC1OC(=O)C(C)C(=O)C(C)C(OC2OC(C)CC(N(C)C)C2O)C(C)(OC)CC(C)C(=NN=C(C)C)C(C)C(O)C1(C)O. The Kier molecular flexibility index (Phi) is 13.9. The van der Waals surface area contributed by atoms with Crippen molar-refractivity contribution >= 4 is 23.2 Å². The molecule has 2 aliphatic rings. The molecule has 12 nitrogen and oxygen atoms in total. The van der Waals surface area contributed by atoms with Crippen LogP contribution in [-0.4, -0.2) is 119 Å². The Hall–Kier alpha value is -1.80. The first kappa shape index (κ1) is 39.4.